The van der Waals surface area contributed by atoms with Crippen molar-refractivity contribution in [1.82, 2.24) is 4.98 Å². The van der Waals surface area contributed by atoms with E-state index in [-0.39, 0.29) is 11.3 Å². The van der Waals surface area contributed by atoms with Crippen LogP contribution in [0.15, 0.2) is 12.3 Å². The van der Waals surface area contributed by atoms with Crippen molar-refractivity contribution in [1.29, 1.82) is 0 Å². The normalized spacial score (nSPS) is 11.1. The fraction of sp³-hybridized carbons (Fsp3) is 0.250. The van der Waals surface area contributed by atoms with E-state index in [1.54, 1.807) is 0 Å². The molecule has 0 saturated heterocycles. The van der Waals surface area contributed by atoms with E-state index in [1.165, 1.54) is 12.2 Å². The van der Waals surface area contributed by atoms with E-state index < -0.39 is 22.8 Å². The molecule has 0 aliphatic rings. The Bertz CT molecular complexity index is 473. The smallest absolute Gasteiger partial charge is 0.303 e. The molecule has 0 aromatic carbocycles. The van der Waals surface area contributed by atoms with Crippen LogP contribution in [0, 0.1) is 17.0 Å². The van der Waals surface area contributed by atoms with E-state index in [4.69, 9.17) is 0 Å². The van der Waals surface area contributed by atoms with Crippen LogP contribution in [0.2, 0.25) is 0 Å². The number of anilines is 1. The molecule has 92 valence electrons. The monoisotopic (exact) mass is 249 g/mol. The number of aromatic nitrogens is 1. The number of alkyl halides is 3. The van der Waals surface area contributed by atoms with Gasteiger partial charge in [-0.3, -0.25) is 14.9 Å². The number of hydrogen-bond acceptors (Lipinski definition) is 4. The highest BCUT2D eigenvalue weighted by molar-refractivity contribution is 5.94. The van der Waals surface area contributed by atoms with Gasteiger partial charge >= 0.3 is 12.1 Å². The molecule has 9 heteroatoms. The highest BCUT2D eigenvalue weighted by Crippen LogP contribution is 2.21. The first kappa shape index (κ1) is 12.9. The Morgan fingerprint density at radius 3 is 2.53 bits per heavy atom. The zero-order valence-electron chi connectivity index (χ0n) is 8.41. The fourth-order valence-electron chi connectivity index (χ4n) is 0.995. The Morgan fingerprint density at radius 1 is 1.53 bits per heavy atom. The first-order chi connectivity index (χ1) is 7.71. The van der Waals surface area contributed by atoms with Crippen LogP contribution < -0.4 is 5.32 Å². The van der Waals surface area contributed by atoms with Gasteiger partial charge in [-0.05, 0) is 13.0 Å². The van der Waals surface area contributed by atoms with Crippen LogP contribution in [-0.4, -0.2) is 22.0 Å². The van der Waals surface area contributed by atoms with Crippen LogP contribution in [0.4, 0.5) is 24.7 Å². The number of nitrogens with zero attached hydrogens (tertiary/aromatic N) is 2. The second-order valence-electron chi connectivity index (χ2n) is 3.07. The Balaban J connectivity index is 2.92. The van der Waals surface area contributed by atoms with E-state index >= 15 is 0 Å². The van der Waals surface area contributed by atoms with E-state index in [1.807, 2.05) is 0 Å². The average molecular weight is 249 g/mol. The number of carbonyl (C=O) groups excluding carboxylic acids is 1. The number of halogens is 3. The lowest BCUT2D eigenvalue weighted by Crippen LogP contribution is -2.30. The summed E-state index contributed by atoms with van der Waals surface area (Å²) in [6.07, 6.45) is -4.25. The minimum Gasteiger partial charge on any atom is -0.303 e. The number of nitrogens with one attached hydrogen (secondary N) is 1. The van der Waals surface area contributed by atoms with Gasteiger partial charge in [0, 0.05) is 5.56 Å². The van der Waals surface area contributed by atoms with Crippen LogP contribution in [0.1, 0.15) is 5.56 Å². The van der Waals surface area contributed by atoms with Crippen molar-refractivity contribution < 1.29 is 22.9 Å². The highest BCUT2D eigenvalue weighted by Gasteiger charge is 2.39. The van der Waals surface area contributed by atoms with E-state index in [0.717, 1.165) is 12.3 Å². The molecule has 17 heavy (non-hydrogen) atoms. The van der Waals surface area contributed by atoms with Crippen molar-refractivity contribution in [2.24, 2.45) is 0 Å². The summed E-state index contributed by atoms with van der Waals surface area (Å²) in [6, 6.07) is 0.988. The van der Waals surface area contributed by atoms with Crippen molar-refractivity contribution >= 4 is 17.4 Å². The van der Waals surface area contributed by atoms with Crippen LogP contribution in [-0.2, 0) is 4.79 Å². The summed E-state index contributed by atoms with van der Waals surface area (Å²) in [6.45, 7) is 1.32. The molecule has 0 aliphatic heterocycles. The van der Waals surface area contributed by atoms with Gasteiger partial charge in [-0.25, -0.2) is 4.98 Å². The number of hydrogen-bond donors (Lipinski definition) is 1. The molecular weight excluding hydrogens is 243 g/mol. The van der Waals surface area contributed by atoms with Crippen LogP contribution in [0.3, 0.4) is 0 Å². The van der Waals surface area contributed by atoms with Gasteiger partial charge in [0.15, 0.2) is 0 Å². The molecular formula is C8H6F3N3O3. The maximum atomic E-state index is 11.9. The topological polar surface area (TPSA) is 85.1 Å². The molecule has 0 unspecified atom stereocenters. The van der Waals surface area contributed by atoms with Crippen LogP contribution in [0.5, 0.6) is 0 Å². The number of aryl methyl sites for hydroxylation is 1. The second kappa shape index (κ2) is 4.36. The Morgan fingerprint density at radius 2 is 2.12 bits per heavy atom. The molecule has 0 fully saturated rings. The maximum absolute atomic E-state index is 11.9. The van der Waals surface area contributed by atoms with Gasteiger partial charge in [-0.2, -0.15) is 13.2 Å². The molecule has 1 aromatic heterocycles. The minimum absolute atomic E-state index is 0.0995. The molecule has 0 aliphatic carbocycles. The molecule has 0 saturated carbocycles. The molecule has 0 bridgehead atoms. The standard InChI is InChI=1S/C8H6F3N3O3/c1-4-2-6(12-3-5(4)14(16)17)13-7(15)8(9,10)11/h2-3H,1H3,(H,12,13,15). The number of pyridine rings is 1. The first-order valence-corrected chi connectivity index (χ1v) is 4.21. The largest absolute Gasteiger partial charge is 0.471 e. The summed E-state index contributed by atoms with van der Waals surface area (Å²) in [7, 11) is 0. The van der Waals surface area contributed by atoms with Gasteiger partial charge in [0.25, 0.3) is 5.69 Å². The molecule has 0 radical (unpaired) electrons. The predicted octanol–water partition coefficient (Wildman–Crippen LogP) is 1.80. The lowest BCUT2D eigenvalue weighted by Gasteiger charge is -2.07. The third-order valence-electron chi connectivity index (χ3n) is 1.78. The Labute approximate surface area is 92.6 Å². The Hall–Kier alpha value is -2.19. The molecule has 0 atom stereocenters. The molecule has 1 N–H and O–H groups in total. The van der Waals surface area contributed by atoms with Gasteiger partial charge in [-0.1, -0.05) is 0 Å². The third-order valence-corrected chi connectivity index (χ3v) is 1.78. The summed E-state index contributed by atoms with van der Waals surface area (Å²) in [5.41, 5.74) is -0.238. The van der Waals surface area contributed by atoms with Crippen molar-refractivity contribution in [2.45, 2.75) is 13.1 Å². The van der Waals surface area contributed by atoms with Crippen LogP contribution >= 0.6 is 0 Å². The zero-order valence-corrected chi connectivity index (χ0v) is 8.41. The summed E-state index contributed by atoms with van der Waals surface area (Å²) in [5.74, 6) is -2.58. The van der Waals surface area contributed by atoms with Crippen molar-refractivity contribution in [3.05, 3.63) is 27.9 Å². The summed E-state index contributed by atoms with van der Waals surface area (Å²) >= 11 is 0. The van der Waals surface area contributed by atoms with E-state index in [0.29, 0.717) is 0 Å². The summed E-state index contributed by atoms with van der Waals surface area (Å²) in [4.78, 5) is 23.6. The van der Waals surface area contributed by atoms with Crippen molar-refractivity contribution in [3.63, 3.8) is 0 Å². The maximum Gasteiger partial charge on any atom is 0.471 e. The molecule has 0 spiro atoms. The average Bonchev–Trinajstić information content (AvgIpc) is 2.15. The quantitative estimate of drug-likeness (QED) is 0.639. The second-order valence-corrected chi connectivity index (χ2v) is 3.07. The molecule has 1 aromatic rings. The molecule has 6 nitrogen and oxygen atoms in total. The minimum atomic E-state index is -5.03. The Kier molecular flexibility index (Phi) is 3.30. The van der Waals surface area contributed by atoms with Gasteiger partial charge in [0.2, 0.25) is 0 Å². The van der Waals surface area contributed by atoms with Gasteiger partial charge in [-0.15, -0.1) is 0 Å². The highest BCUT2D eigenvalue weighted by atomic mass is 19.4. The number of amides is 1. The lowest BCUT2D eigenvalue weighted by molar-refractivity contribution is -0.385. The molecule has 1 amide bonds. The fourth-order valence-corrected chi connectivity index (χ4v) is 0.995. The van der Waals surface area contributed by atoms with E-state index in [2.05, 4.69) is 4.98 Å². The van der Waals surface area contributed by atoms with Gasteiger partial charge in [0.1, 0.15) is 12.0 Å². The van der Waals surface area contributed by atoms with Gasteiger partial charge < -0.3 is 5.32 Å². The molecule has 1 heterocycles. The predicted molar refractivity (Wildman–Crippen MR) is 50.3 cm³/mol. The number of nitro groups is 1. The van der Waals surface area contributed by atoms with E-state index in [9.17, 15) is 28.1 Å². The third kappa shape index (κ3) is 3.13. The number of carbonyl (C=O) groups is 1. The van der Waals surface area contributed by atoms with Crippen molar-refractivity contribution in [2.75, 3.05) is 5.32 Å². The SMILES string of the molecule is Cc1cc(NC(=O)C(F)(F)F)ncc1[N+](=O)[O-]. The van der Waals surface area contributed by atoms with Crippen LogP contribution in [0.25, 0.3) is 0 Å². The van der Waals surface area contributed by atoms with Crippen molar-refractivity contribution in [3.8, 4) is 0 Å². The zero-order chi connectivity index (χ0) is 13.2. The summed E-state index contributed by atoms with van der Waals surface area (Å²) in [5, 5.41) is 11.9. The summed E-state index contributed by atoms with van der Waals surface area (Å²) < 4.78 is 35.7. The lowest BCUT2D eigenvalue weighted by atomic mass is 10.2. The first-order valence-electron chi connectivity index (χ1n) is 4.21. The van der Waals surface area contributed by atoms with Gasteiger partial charge in [0.05, 0.1) is 4.92 Å². The number of rotatable bonds is 2. The molecule has 1 rings (SSSR count).